The molecular weight excluding hydrogens is 196 g/mol. The molecule has 2 aromatic heterocycles. The number of hydrogen-bond donors (Lipinski definition) is 3. The van der Waals surface area contributed by atoms with Crippen LogP contribution in [0.1, 0.15) is 0 Å². The molecule has 0 saturated carbocycles. The lowest BCUT2D eigenvalue weighted by molar-refractivity contribution is 0.480. The maximum atomic E-state index is 9.14. The van der Waals surface area contributed by atoms with Crippen molar-refractivity contribution in [2.24, 2.45) is 0 Å². The highest BCUT2D eigenvalue weighted by Crippen LogP contribution is 2.18. The molecule has 0 aliphatic carbocycles. The van der Waals surface area contributed by atoms with Gasteiger partial charge in [0.2, 0.25) is 0 Å². The zero-order valence-electron chi connectivity index (χ0n) is 7.62. The van der Waals surface area contributed by atoms with Gasteiger partial charge in [0.1, 0.15) is 11.3 Å². The molecule has 0 spiro atoms. The van der Waals surface area contributed by atoms with E-state index in [1.165, 1.54) is 0 Å². The molecule has 2 heterocycles. The van der Waals surface area contributed by atoms with Gasteiger partial charge in [0, 0.05) is 0 Å². The predicted octanol–water partition coefficient (Wildman–Crippen LogP) is 0.468. The van der Waals surface area contributed by atoms with Crippen LogP contribution in [0.4, 0.5) is 0 Å². The number of aromatic amines is 2. The average molecular weight is 204 g/mol. The molecule has 0 aliphatic rings. The molecule has 0 unspecified atom stereocenters. The molecule has 3 aromatic rings. The van der Waals surface area contributed by atoms with E-state index < -0.39 is 0 Å². The molecule has 3 N–H and O–H groups in total. The first-order valence-corrected chi connectivity index (χ1v) is 4.16. The number of aromatic nitrogens is 6. The maximum absolute atomic E-state index is 9.14. The van der Waals surface area contributed by atoms with E-state index in [2.05, 4.69) is 30.8 Å². The first-order chi connectivity index (χ1) is 7.38. The van der Waals surface area contributed by atoms with Gasteiger partial charge in [-0.25, -0.2) is 0 Å². The van der Waals surface area contributed by atoms with Crippen molar-refractivity contribution in [2.45, 2.75) is 0 Å². The fourth-order valence-corrected chi connectivity index (χ4v) is 1.02. The third-order valence-electron chi connectivity index (χ3n) is 1.66. The van der Waals surface area contributed by atoms with Gasteiger partial charge in [0.05, 0.1) is 12.4 Å². The second-order valence-electron chi connectivity index (χ2n) is 2.62. The molecule has 15 heavy (non-hydrogen) atoms. The Kier molecular flexibility index (Phi) is 2.54. The normalized spacial score (nSPS) is 9.60. The van der Waals surface area contributed by atoms with Crippen LogP contribution >= 0.6 is 0 Å². The Hall–Kier alpha value is -2.44. The lowest BCUT2D eigenvalue weighted by Crippen LogP contribution is -1.68. The molecule has 76 valence electrons. The number of benzene rings is 1. The van der Waals surface area contributed by atoms with Crippen molar-refractivity contribution in [1.29, 1.82) is 0 Å². The van der Waals surface area contributed by atoms with Crippen LogP contribution in [0.2, 0.25) is 0 Å². The van der Waals surface area contributed by atoms with E-state index in [9.17, 15) is 0 Å². The fraction of sp³-hybridized carbons (Fsp3) is 0. The summed E-state index contributed by atoms with van der Waals surface area (Å²) in [6.45, 7) is 0. The third-order valence-corrected chi connectivity index (χ3v) is 1.66. The van der Waals surface area contributed by atoms with E-state index in [1.807, 2.05) is 0 Å². The molecule has 0 radical (unpaired) electrons. The van der Waals surface area contributed by atoms with Crippen molar-refractivity contribution in [3.05, 3.63) is 30.6 Å². The smallest absolute Gasteiger partial charge is 0.154 e. The lowest BCUT2D eigenvalue weighted by Gasteiger charge is -1.87. The number of phenols is 1. The molecule has 7 nitrogen and oxygen atoms in total. The number of rotatable bonds is 0. The van der Waals surface area contributed by atoms with E-state index in [0.717, 1.165) is 0 Å². The molecule has 0 fully saturated rings. The number of fused-ring (bicyclic) bond motifs is 1. The van der Waals surface area contributed by atoms with Gasteiger partial charge in [-0.1, -0.05) is 6.07 Å². The maximum Gasteiger partial charge on any atom is 0.154 e. The van der Waals surface area contributed by atoms with Crippen LogP contribution in [0.25, 0.3) is 11.0 Å². The largest absolute Gasteiger partial charge is 0.506 e. The second kappa shape index (κ2) is 4.18. The molecule has 1 aromatic carbocycles. The molecule has 0 aliphatic heterocycles. The van der Waals surface area contributed by atoms with Gasteiger partial charge >= 0.3 is 0 Å². The number of phenolic OH excluding ortho intramolecular Hbond substituents is 1. The third kappa shape index (κ3) is 2.08. The minimum atomic E-state index is 0.159. The van der Waals surface area contributed by atoms with Gasteiger partial charge < -0.3 is 5.11 Å². The summed E-state index contributed by atoms with van der Waals surface area (Å²) >= 11 is 0. The van der Waals surface area contributed by atoms with Crippen LogP contribution in [0.3, 0.4) is 0 Å². The summed E-state index contributed by atoms with van der Waals surface area (Å²) in [4.78, 5) is 0. The molecule has 7 heteroatoms. The Bertz CT molecular complexity index is 499. The highest BCUT2D eigenvalue weighted by molar-refractivity contribution is 5.79. The number of aromatic hydroxyl groups is 1. The Morgan fingerprint density at radius 2 is 1.80 bits per heavy atom. The van der Waals surface area contributed by atoms with Gasteiger partial charge in [-0.2, -0.15) is 30.8 Å². The molecular formula is C8H8N6O. The van der Waals surface area contributed by atoms with Crippen LogP contribution in [-0.2, 0) is 0 Å². The van der Waals surface area contributed by atoms with Crippen LogP contribution in [0.5, 0.6) is 5.75 Å². The van der Waals surface area contributed by atoms with Crippen molar-refractivity contribution in [2.75, 3.05) is 0 Å². The second-order valence-corrected chi connectivity index (χ2v) is 2.62. The number of H-pyrrole nitrogens is 2. The summed E-state index contributed by atoms with van der Waals surface area (Å²) in [5.74, 6) is 0.159. The van der Waals surface area contributed by atoms with Gasteiger partial charge in [0.15, 0.2) is 5.52 Å². The zero-order valence-corrected chi connectivity index (χ0v) is 7.62. The lowest BCUT2D eigenvalue weighted by atomic mass is 10.3. The molecule has 0 amide bonds. The molecule has 0 atom stereocenters. The Morgan fingerprint density at radius 3 is 2.40 bits per heavy atom. The van der Waals surface area contributed by atoms with Crippen LogP contribution in [-0.4, -0.2) is 35.9 Å². The highest BCUT2D eigenvalue weighted by atomic mass is 16.3. The van der Waals surface area contributed by atoms with Crippen LogP contribution in [0.15, 0.2) is 30.6 Å². The standard InChI is InChI=1S/C6H5N3O.C2H3N3/c10-5-3-1-2-4-6(5)8-9-7-4;1-2-4-5-3-1/h1-3,10H,(H,7,8,9);1-2H,(H,3,4,5). The molecule has 0 bridgehead atoms. The quantitative estimate of drug-likeness (QED) is 0.493. The number of nitrogens with one attached hydrogen (secondary N) is 2. The summed E-state index contributed by atoms with van der Waals surface area (Å²) in [6, 6.07) is 5.07. The minimum Gasteiger partial charge on any atom is -0.506 e. The van der Waals surface area contributed by atoms with E-state index in [4.69, 9.17) is 5.11 Å². The Labute approximate surface area is 84.1 Å². The summed E-state index contributed by atoms with van der Waals surface area (Å²) < 4.78 is 0. The minimum absolute atomic E-state index is 0.159. The van der Waals surface area contributed by atoms with Crippen molar-refractivity contribution >= 4 is 11.0 Å². The van der Waals surface area contributed by atoms with E-state index in [-0.39, 0.29) is 5.75 Å². The summed E-state index contributed by atoms with van der Waals surface area (Å²) in [5.41, 5.74) is 1.20. The van der Waals surface area contributed by atoms with Crippen LogP contribution in [0, 0.1) is 0 Å². The summed E-state index contributed by atoms with van der Waals surface area (Å²) in [6.07, 6.45) is 3.17. The van der Waals surface area contributed by atoms with Crippen molar-refractivity contribution < 1.29 is 5.11 Å². The Morgan fingerprint density at radius 1 is 1.00 bits per heavy atom. The zero-order chi connectivity index (χ0) is 10.5. The molecule has 0 saturated heterocycles. The number of nitrogens with zero attached hydrogens (tertiary/aromatic N) is 4. The highest BCUT2D eigenvalue weighted by Gasteiger charge is 1.99. The van der Waals surface area contributed by atoms with Crippen molar-refractivity contribution in [1.82, 2.24) is 30.8 Å². The Balaban J connectivity index is 0.000000144. The average Bonchev–Trinajstić information content (AvgIpc) is 2.93. The first-order valence-electron chi connectivity index (χ1n) is 4.16. The van der Waals surface area contributed by atoms with Crippen LogP contribution < -0.4 is 0 Å². The van der Waals surface area contributed by atoms with Gasteiger partial charge in [-0.05, 0) is 12.1 Å². The first kappa shape index (κ1) is 9.13. The summed E-state index contributed by atoms with van der Waals surface area (Å²) in [7, 11) is 0. The van der Waals surface area contributed by atoms with E-state index in [1.54, 1.807) is 30.6 Å². The summed E-state index contributed by atoms with van der Waals surface area (Å²) in [5, 5.41) is 28.4. The monoisotopic (exact) mass is 204 g/mol. The van der Waals surface area contributed by atoms with Gasteiger partial charge in [-0.3, -0.25) is 0 Å². The van der Waals surface area contributed by atoms with E-state index in [0.29, 0.717) is 11.0 Å². The topological polar surface area (TPSA) is 103 Å². The molecule has 3 rings (SSSR count). The number of para-hydroxylation sites is 1. The van der Waals surface area contributed by atoms with Crippen molar-refractivity contribution in [3.63, 3.8) is 0 Å². The van der Waals surface area contributed by atoms with E-state index >= 15 is 0 Å². The SMILES string of the molecule is Oc1cccc2n[nH]nc12.c1cn[nH]n1. The fourth-order valence-electron chi connectivity index (χ4n) is 1.02. The number of hydrogen-bond acceptors (Lipinski definition) is 5. The van der Waals surface area contributed by atoms with Gasteiger partial charge in [0.25, 0.3) is 0 Å². The van der Waals surface area contributed by atoms with Crippen molar-refractivity contribution in [3.8, 4) is 5.75 Å². The van der Waals surface area contributed by atoms with Gasteiger partial charge in [-0.15, -0.1) is 0 Å². The predicted molar refractivity (Wildman–Crippen MR) is 51.9 cm³/mol.